The largest absolute Gasteiger partial charge is 0.444 e. The monoisotopic (exact) mass is 273 g/mol. The summed E-state index contributed by atoms with van der Waals surface area (Å²) in [6.07, 6.45) is 1.64. The Morgan fingerprint density at radius 3 is 2.55 bits per heavy atom. The number of amides is 1. The van der Waals surface area contributed by atoms with Crippen LogP contribution in [0.4, 0.5) is 0 Å². The van der Waals surface area contributed by atoms with Gasteiger partial charge in [-0.3, -0.25) is 9.69 Å². The first-order valence-electron chi connectivity index (χ1n) is 6.45. The van der Waals surface area contributed by atoms with Gasteiger partial charge in [-0.2, -0.15) is 0 Å². The third-order valence-corrected chi connectivity index (χ3v) is 2.91. The Kier molecular flexibility index (Phi) is 4.53. The Hall–Kier alpha value is -2.14. The van der Waals surface area contributed by atoms with Crippen LogP contribution in [0, 0.1) is 0 Å². The summed E-state index contributed by atoms with van der Waals surface area (Å²) in [6, 6.07) is 9.75. The average Bonchev–Trinajstić information content (AvgIpc) is 2.88. The third kappa shape index (κ3) is 3.68. The zero-order valence-electron chi connectivity index (χ0n) is 12.0. The van der Waals surface area contributed by atoms with Crippen molar-refractivity contribution in [3.8, 4) is 11.5 Å². The lowest BCUT2D eigenvalue weighted by Gasteiger charge is -2.17. The number of benzene rings is 1. The summed E-state index contributed by atoms with van der Waals surface area (Å²) in [5.41, 5.74) is 1.77. The van der Waals surface area contributed by atoms with Gasteiger partial charge in [0, 0.05) is 26.2 Å². The van der Waals surface area contributed by atoms with Crippen molar-refractivity contribution >= 4 is 5.91 Å². The van der Waals surface area contributed by atoms with Gasteiger partial charge in [-0.25, -0.2) is 4.98 Å². The number of oxazole rings is 1. The number of rotatable bonds is 5. The van der Waals surface area contributed by atoms with Gasteiger partial charge in [-0.1, -0.05) is 18.2 Å². The molecule has 5 heteroatoms. The van der Waals surface area contributed by atoms with Crippen molar-refractivity contribution in [2.24, 2.45) is 0 Å². The molecule has 0 bridgehead atoms. The van der Waals surface area contributed by atoms with E-state index in [2.05, 4.69) is 4.98 Å². The first kappa shape index (κ1) is 14.3. The SMILES string of the molecule is CN(CC(=O)N(C)C)Cc1coc(-c2ccccc2)n1. The van der Waals surface area contributed by atoms with Crippen molar-refractivity contribution in [1.29, 1.82) is 0 Å². The highest BCUT2D eigenvalue weighted by atomic mass is 16.3. The molecule has 0 aliphatic rings. The quantitative estimate of drug-likeness (QED) is 0.834. The van der Waals surface area contributed by atoms with Crippen LogP contribution in [0.1, 0.15) is 5.69 Å². The molecule has 0 radical (unpaired) electrons. The molecule has 0 spiro atoms. The van der Waals surface area contributed by atoms with Gasteiger partial charge in [0.05, 0.1) is 12.2 Å². The molecule has 0 aliphatic heterocycles. The van der Waals surface area contributed by atoms with Gasteiger partial charge in [0.1, 0.15) is 6.26 Å². The van der Waals surface area contributed by atoms with Crippen LogP contribution in [0.3, 0.4) is 0 Å². The highest BCUT2D eigenvalue weighted by Gasteiger charge is 2.12. The average molecular weight is 273 g/mol. The minimum atomic E-state index is 0.0688. The second-order valence-electron chi connectivity index (χ2n) is 4.97. The van der Waals surface area contributed by atoms with Gasteiger partial charge in [-0.15, -0.1) is 0 Å². The molecule has 1 heterocycles. The predicted molar refractivity (Wildman–Crippen MR) is 77.0 cm³/mol. The Bertz CT molecular complexity index is 564. The number of nitrogens with zero attached hydrogens (tertiary/aromatic N) is 3. The number of likely N-dealkylation sites (N-methyl/N-ethyl adjacent to an activating group) is 2. The van der Waals surface area contributed by atoms with Gasteiger partial charge in [0.15, 0.2) is 0 Å². The maximum Gasteiger partial charge on any atom is 0.236 e. The molecule has 0 fully saturated rings. The summed E-state index contributed by atoms with van der Waals surface area (Å²) in [5.74, 6) is 0.673. The van der Waals surface area contributed by atoms with Crippen molar-refractivity contribution in [3.05, 3.63) is 42.3 Å². The van der Waals surface area contributed by atoms with Gasteiger partial charge in [0.25, 0.3) is 0 Å². The van der Waals surface area contributed by atoms with Crippen molar-refractivity contribution < 1.29 is 9.21 Å². The fourth-order valence-corrected chi connectivity index (χ4v) is 1.80. The Labute approximate surface area is 118 Å². The smallest absolute Gasteiger partial charge is 0.236 e. The highest BCUT2D eigenvalue weighted by Crippen LogP contribution is 2.18. The standard InChI is InChI=1S/C15H19N3O2/c1-17(2)14(19)10-18(3)9-13-11-20-15(16-13)12-7-5-4-6-8-12/h4-8,11H,9-10H2,1-3H3. The van der Waals surface area contributed by atoms with Crippen LogP contribution >= 0.6 is 0 Å². The van der Waals surface area contributed by atoms with Crippen molar-refractivity contribution in [2.75, 3.05) is 27.7 Å². The highest BCUT2D eigenvalue weighted by molar-refractivity contribution is 5.77. The minimum Gasteiger partial charge on any atom is -0.444 e. The van der Waals surface area contributed by atoms with Crippen LogP contribution in [-0.2, 0) is 11.3 Å². The van der Waals surface area contributed by atoms with Crippen molar-refractivity contribution in [3.63, 3.8) is 0 Å². The predicted octanol–water partition coefficient (Wildman–Crippen LogP) is 1.86. The Balaban J connectivity index is 1.98. The molecule has 0 atom stereocenters. The van der Waals surface area contributed by atoms with Crippen molar-refractivity contribution in [2.45, 2.75) is 6.54 Å². The first-order chi connectivity index (χ1) is 9.56. The van der Waals surface area contributed by atoms with Gasteiger partial charge < -0.3 is 9.32 Å². The van der Waals surface area contributed by atoms with Gasteiger partial charge >= 0.3 is 0 Å². The molecule has 0 aliphatic carbocycles. The van der Waals surface area contributed by atoms with Crippen LogP contribution in [0.25, 0.3) is 11.5 Å². The second-order valence-corrected chi connectivity index (χ2v) is 4.97. The van der Waals surface area contributed by atoms with E-state index in [4.69, 9.17) is 4.42 Å². The van der Waals surface area contributed by atoms with Crippen molar-refractivity contribution in [1.82, 2.24) is 14.8 Å². The van der Waals surface area contributed by atoms with E-state index in [1.807, 2.05) is 42.3 Å². The fourth-order valence-electron chi connectivity index (χ4n) is 1.80. The molecule has 2 rings (SSSR count). The first-order valence-corrected chi connectivity index (χ1v) is 6.45. The number of hydrogen-bond donors (Lipinski definition) is 0. The molecule has 106 valence electrons. The molecule has 20 heavy (non-hydrogen) atoms. The number of carbonyl (C=O) groups is 1. The lowest BCUT2D eigenvalue weighted by Crippen LogP contribution is -2.34. The lowest BCUT2D eigenvalue weighted by atomic mass is 10.2. The topological polar surface area (TPSA) is 49.6 Å². The molecular formula is C15H19N3O2. The van der Waals surface area contributed by atoms with E-state index in [0.29, 0.717) is 19.0 Å². The molecule has 1 amide bonds. The van der Waals surface area contributed by atoms with E-state index in [1.54, 1.807) is 25.3 Å². The van der Waals surface area contributed by atoms with Crippen LogP contribution in [-0.4, -0.2) is 48.4 Å². The maximum absolute atomic E-state index is 11.6. The van der Waals surface area contributed by atoms with E-state index >= 15 is 0 Å². The molecule has 0 N–H and O–H groups in total. The molecule has 5 nitrogen and oxygen atoms in total. The summed E-state index contributed by atoms with van der Waals surface area (Å²) < 4.78 is 5.47. The number of hydrogen-bond acceptors (Lipinski definition) is 4. The maximum atomic E-state index is 11.6. The molecule has 0 unspecified atom stereocenters. The summed E-state index contributed by atoms with van der Waals surface area (Å²) in [4.78, 5) is 19.5. The third-order valence-electron chi connectivity index (χ3n) is 2.91. The summed E-state index contributed by atoms with van der Waals surface area (Å²) in [7, 11) is 5.39. The van der Waals surface area contributed by atoms with E-state index in [-0.39, 0.29) is 5.91 Å². The number of aromatic nitrogens is 1. The van der Waals surface area contributed by atoms with Crippen LogP contribution in [0.15, 0.2) is 41.0 Å². The normalized spacial score (nSPS) is 10.8. The molecule has 1 aromatic heterocycles. The van der Waals surface area contributed by atoms with Gasteiger partial charge in [-0.05, 0) is 19.2 Å². The minimum absolute atomic E-state index is 0.0688. The summed E-state index contributed by atoms with van der Waals surface area (Å²) in [6.45, 7) is 0.941. The van der Waals surface area contributed by atoms with E-state index in [9.17, 15) is 4.79 Å². The molecule has 2 aromatic rings. The molecule has 0 saturated carbocycles. The fraction of sp³-hybridized carbons (Fsp3) is 0.333. The molecular weight excluding hydrogens is 254 g/mol. The Morgan fingerprint density at radius 2 is 1.90 bits per heavy atom. The van der Waals surface area contributed by atoms with Gasteiger partial charge in [0.2, 0.25) is 11.8 Å². The summed E-state index contributed by atoms with van der Waals surface area (Å²) in [5, 5.41) is 0. The molecule has 1 aromatic carbocycles. The summed E-state index contributed by atoms with van der Waals surface area (Å²) >= 11 is 0. The second kappa shape index (κ2) is 6.34. The van der Waals surface area contributed by atoms with E-state index in [0.717, 1.165) is 11.3 Å². The van der Waals surface area contributed by atoms with E-state index in [1.165, 1.54) is 0 Å². The van der Waals surface area contributed by atoms with Crippen LogP contribution in [0.5, 0.6) is 0 Å². The van der Waals surface area contributed by atoms with Crippen LogP contribution < -0.4 is 0 Å². The number of carbonyl (C=O) groups excluding carboxylic acids is 1. The van der Waals surface area contributed by atoms with E-state index < -0.39 is 0 Å². The lowest BCUT2D eigenvalue weighted by molar-refractivity contribution is -0.129. The molecule has 0 saturated heterocycles. The van der Waals surface area contributed by atoms with Crippen LogP contribution in [0.2, 0.25) is 0 Å². The zero-order chi connectivity index (χ0) is 14.5. The zero-order valence-corrected chi connectivity index (χ0v) is 12.0. The Morgan fingerprint density at radius 1 is 1.20 bits per heavy atom.